The van der Waals surface area contributed by atoms with Crippen molar-refractivity contribution in [2.75, 3.05) is 18.2 Å². The summed E-state index contributed by atoms with van der Waals surface area (Å²) in [5.41, 5.74) is 6.80. The lowest BCUT2D eigenvalue weighted by atomic mass is 9.75. The number of nitriles is 1. The molecular formula is C14H21N3OS. The van der Waals surface area contributed by atoms with Crippen LogP contribution in [0.15, 0.2) is 0 Å². The molecule has 0 spiro atoms. The molecule has 19 heavy (non-hydrogen) atoms. The fraction of sp³-hybridized carbons (Fsp3) is 0.643. The largest absolute Gasteiger partial charge is 0.492 e. The Morgan fingerprint density at radius 2 is 2.05 bits per heavy atom. The van der Waals surface area contributed by atoms with E-state index in [1.54, 1.807) is 7.11 Å². The van der Waals surface area contributed by atoms with E-state index >= 15 is 0 Å². The smallest absolute Gasteiger partial charge is 0.177 e. The van der Waals surface area contributed by atoms with Crippen molar-refractivity contribution >= 4 is 22.0 Å². The predicted molar refractivity (Wildman–Crippen MR) is 79.7 cm³/mol. The zero-order valence-electron chi connectivity index (χ0n) is 11.7. The van der Waals surface area contributed by atoms with Crippen LogP contribution in [0.25, 0.3) is 0 Å². The predicted octanol–water partition coefficient (Wildman–Crippen LogP) is 3.59. The number of nitrogens with zero attached hydrogens (tertiary/aromatic N) is 1. The van der Waals surface area contributed by atoms with Gasteiger partial charge in [-0.1, -0.05) is 13.8 Å². The van der Waals surface area contributed by atoms with Gasteiger partial charge in [0.2, 0.25) is 0 Å². The molecule has 0 unspecified atom stereocenters. The molecular weight excluding hydrogens is 258 g/mol. The van der Waals surface area contributed by atoms with Crippen LogP contribution >= 0.6 is 11.3 Å². The highest BCUT2D eigenvalue weighted by atomic mass is 32.1. The lowest BCUT2D eigenvalue weighted by molar-refractivity contribution is 0.232. The van der Waals surface area contributed by atoms with E-state index in [-0.39, 0.29) is 0 Å². The lowest BCUT2D eigenvalue weighted by Gasteiger charge is -2.34. The van der Waals surface area contributed by atoms with E-state index in [0.29, 0.717) is 27.8 Å². The number of nitrogens with one attached hydrogen (secondary N) is 1. The van der Waals surface area contributed by atoms with Gasteiger partial charge in [0.15, 0.2) is 5.75 Å². The maximum atomic E-state index is 9.02. The summed E-state index contributed by atoms with van der Waals surface area (Å²) in [6, 6.07) is 2.56. The van der Waals surface area contributed by atoms with Crippen molar-refractivity contribution in [1.29, 1.82) is 5.26 Å². The maximum absolute atomic E-state index is 9.02. The van der Waals surface area contributed by atoms with E-state index in [2.05, 4.69) is 25.2 Å². The molecule has 1 heterocycles. The van der Waals surface area contributed by atoms with Crippen LogP contribution in [0.1, 0.15) is 44.4 Å². The second-order valence-corrected chi connectivity index (χ2v) is 6.92. The van der Waals surface area contributed by atoms with E-state index < -0.39 is 0 Å². The molecule has 0 aliphatic heterocycles. The molecule has 1 saturated carbocycles. The van der Waals surface area contributed by atoms with Crippen LogP contribution in [-0.2, 0) is 0 Å². The summed E-state index contributed by atoms with van der Waals surface area (Å²) in [7, 11) is 1.59. The van der Waals surface area contributed by atoms with Crippen LogP contribution in [0.3, 0.4) is 0 Å². The minimum Gasteiger partial charge on any atom is -0.492 e. The summed E-state index contributed by atoms with van der Waals surface area (Å²) < 4.78 is 5.31. The minimum absolute atomic E-state index is 0.450. The number of rotatable bonds is 3. The lowest BCUT2D eigenvalue weighted by Crippen LogP contribution is -2.29. The molecule has 0 saturated heterocycles. The molecule has 5 heteroatoms. The summed E-state index contributed by atoms with van der Waals surface area (Å²) in [5.74, 6) is 0.617. The average molecular weight is 279 g/mol. The van der Waals surface area contributed by atoms with Crippen molar-refractivity contribution in [2.45, 2.75) is 45.6 Å². The summed E-state index contributed by atoms with van der Waals surface area (Å²) >= 11 is 1.38. The molecule has 0 atom stereocenters. The van der Waals surface area contributed by atoms with E-state index in [1.165, 1.54) is 24.2 Å². The van der Waals surface area contributed by atoms with Crippen LogP contribution in [0.5, 0.6) is 5.75 Å². The first-order valence-electron chi connectivity index (χ1n) is 6.60. The fourth-order valence-electron chi connectivity index (χ4n) is 2.54. The fourth-order valence-corrected chi connectivity index (χ4v) is 3.50. The van der Waals surface area contributed by atoms with Gasteiger partial charge < -0.3 is 15.8 Å². The summed E-state index contributed by atoms with van der Waals surface area (Å²) in [6.45, 7) is 4.64. The quantitative estimate of drug-likeness (QED) is 0.887. The molecule has 4 nitrogen and oxygen atoms in total. The zero-order valence-corrected chi connectivity index (χ0v) is 12.6. The third kappa shape index (κ3) is 2.95. The van der Waals surface area contributed by atoms with Crippen molar-refractivity contribution in [1.82, 2.24) is 0 Å². The molecule has 2 rings (SSSR count). The van der Waals surface area contributed by atoms with Gasteiger partial charge >= 0.3 is 0 Å². The van der Waals surface area contributed by atoms with Gasteiger partial charge in [0.25, 0.3) is 0 Å². The molecule has 0 aromatic carbocycles. The van der Waals surface area contributed by atoms with Crippen molar-refractivity contribution in [3.8, 4) is 11.8 Å². The van der Waals surface area contributed by atoms with Crippen molar-refractivity contribution < 1.29 is 4.74 Å². The molecule has 1 aliphatic rings. The molecule has 1 aromatic rings. The molecule has 0 bridgehead atoms. The second kappa shape index (κ2) is 5.30. The Labute approximate surface area is 118 Å². The third-order valence-corrected chi connectivity index (χ3v) is 4.90. The van der Waals surface area contributed by atoms with Crippen molar-refractivity contribution in [3.05, 3.63) is 4.88 Å². The van der Waals surface area contributed by atoms with E-state index in [1.807, 2.05) is 0 Å². The van der Waals surface area contributed by atoms with Crippen LogP contribution in [0, 0.1) is 16.7 Å². The van der Waals surface area contributed by atoms with Crippen LogP contribution in [0.4, 0.5) is 10.7 Å². The monoisotopic (exact) mass is 279 g/mol. The highest BCUT2D eigenvalue weighted by Gasteiger charge is 2.28. The van der Waals surface area contributed by atoms with Gasteiger partial charge in [-0.15, -0.1) is 11.3 Å². The van der Waals surface area contributed by atoms with Gasteiger partial charge in [-0.2, -0.15) is 5.26 Å². The number of nitrogen functional groups attached to an aromatic ring is 1. The Bertz CT molecular complexity index is 492. The molecule has 104 valence electrons. The Balaban J connectivity index is 2.10. The highest BCUT2D eigenvalue weighted by Crippen LogP contribution is 2.44. The number of hydrogen-bond acceptors (Lipinski definition) is 5. The van der Waals surface area contributed by atoms with E-state index in [9.17, 15) is 0 Å². The molecule has 0 radical (unpaired) electrons. The number of methoxy groups -OCH3 is 1. The summed E-state index contributed by atoms with van der Waals surface area (Å²) in [4.78, 5) is 0.524. The summed E-state index contributed by atoms with van der Waals surface area (Å²) in [6.07, 6.45) is 4.74. The Kier molecular flexibility index (Phi) is 3.91. The van der Waals surface area contributed by atoms with Crippen molar-refractivity contribution in [3.63, 3.8) is 0 Å². The van der Waals surface area contributed by atoms with Gasteiger partial charge in [-0.3, -0.25) is 0 Å². The maximum Gasteiger partial charge on any atom is 0.177 e. The van der Waals surface area contributed by atoms with Gasteiger partial charge in [-0.05, 0) is 31.1 Å². The number of anilines is 2. The second-order valence-electron chi connectivity index (χ2n) is 5.90. The van der Waals surface area contributed by atoms with Gasteiger partial charge in [0.1, 0.15) is 21.6 Å². The number of hydrogen-bond donors (Lipinski definition) is 2. The molecule has 1 aromatic heterocycles. The first-order chi connectivity index (χ1) is 8.96. The highest BCUT2D eigenvalue weighted by molar-refractivity contribution is 7.17. The minimum atomic E-state index is 0.450. The average Bonchev–Trinajstić information content (AvgIpc) is 2.67. The number of thiophene rings is 1. The SMILES string of the molecule is COc1c(NC2CCC(C)(C)CC2)sc(C#N)c1N. The first kappa shape index (κ1) is 14.0. The third-order valence-electron chi connectivity index (χ3n) is 3.88. The topological polar surface area (TPSA) is 71.1 Å². The van der Waals surface area contributed by atoms with Crippen molar-refractivity contribution in [2.24, 2.45) is 5.41 Å². The number of ether oxygens (including phenoxy) is 1. The Hall–Kier alpha value is -1.41. The van der Waals surface area contributed by atoms with Gasteiger partial charge in [0.05, 0.1) is 7.11 Å². The molecule has 1 aliphatic carbocycles. The standard InChI is InChI=1S/C14H21N3OS/c1-14(2)6-4-9(5-7-14)17-13-12(18-3)11(16)10(8-15)19-13/h9,17H,4-7,16H2,1-3H3. The molecule has 1 fully saturated rings. The van der Waals surface area contributed by atoms with Crippen LogP contribution in [-0.4, -0.2) is 13.2 Å². The Morgan fingerprint density at radius 3 is 2.58 bits per heavy atom. The normalized spacial score (nSPS) is 18.8. The van der Waals surface area contributed by atoms with E-state index in [0.717, 1.165) is 17.8 Å². The van der Waals surface area contributed by atoms with Crippen LogP contribution < -0.4 is 15.8 Å². The first-order valence-corrected chi connectivity index (χ1v) is 7.41. The van der Waals surface area contributed by atoms with Gasteiger partial charge in [-0.25, -0.2) is 0 Å². The molecule has 3 N–H and O–H groups in total. The number of nitrogens with two attached hydrogens (primary N) is 1. The zero-order chi connectivity index (χ0) is 14.0. The summed E-state index contributed by atoms with van der Waals surface area (Å²) in [5, 5.41) is 13.4. The van der Waals surface area contributed by atoms with Gasteiger partial charge in [0, 0.05) is 6.04 Å². The van der Waals surface area contributed by atoms with E-state index in [4.69, 9.17) is 15.7 Å². The van der Waals surface area contributed by atoms with Crippen LogP contribution in [0.2, 0.25) is 0 Å². The molecule has 0 amide bonds. The Morgan fingerprint density at radius 1 is 1.42 bits per heavy atom.